The van der Waals surface area contributed by atoms with Crippen LogP contribution in [0.1, 0.15) is 16.1 Å². The van der Waals surface area contributed by atoms with Crippen molar-refractivity contribution in [2.24, 2.45) is 0 Å². The smallest absolute Gasteiger partial charge is 0.339 e. The number of aromatic nitrogens is 1. The number of anilines is 2. The van der Waals surface area contributed by atoms with Gasteiger partial charge in [-0.15, -0.1) is 0 Å². The number of methoxy groups -OCH3 is 1. The minimum Gasteiger partial charge on any atom is -0.465 e. The molecular formula is C22H26BrFN4O4. The molecule has 2 aromatic rings. The van der Waals surface area contributed by atoms with Gasteiger partial charge in [0.1, 0.15) is 5.82 Å². The first-order valence-corrected chi connectivity index (χ1v) is 11.0. The molecule has 1 aliphatic rings. The first-order chi connectivity index (χ1) is 15.4. The van der Waals surface area contributed by atoms with Gasteiger partial charge in [0.05, 0.1) is 54.0 Å². The molecule has 1 aliphatic heterocycles. The number of hydrogen-bond donors (Lipinski definition) is 0. The minimum atomic E-state index is -0.490. The number of amides is 1. The van der Waals surface area contributed by atoms with E-state index < -0.39 is 11.8 Å². The highest BCUT2D eigenvalue weighted by molar-refractivity contribution is 9.10. The summed E-state index contributed by atoms with van der Waals surface area (Å²) >= 11 is 3.25. The molecule has 0 saturated carbocycles. The van der Waals surface area contributed by atoms with Crippen molar-refractivity contribution in [3.8, 4) is 0 Å². The summed E-state index contributed by atoms with van der Waals surface area (Å²) in [5.41, 5.74) is 2.01. The molecular weight excluding hydrogens is 483 g/mol. The standard InChI is InChI=1S/C22H26BrFN4O4/c1-26(5-6-27-7-9-32-10-8-27)20-11-18(23)19(24)12-21(20)28(15-29)14-17-4-3-16(13-25-17)22(30)31-2/h3-4,11-13,15H,5-10,14H2,1-2H3. The van der Waals surface area contributed by atoms with Crippen LogP contribution in [0, 0.1) is 5.82 Å². The van der Waals surface area contributed by atoms with E-state index in [0.29, 0.717) is 40.1 Å². The number of rotatable bonds is 9. The van der Waals surface area contributed by atoms with E-state index in [4.69, 9.17) is 4.74 Å². The maximum Gasteiger partial charge on any atom is 0.339 e. The van der Waals surface area contributed by atoms with E-state index in [1.165, 1.54) is 24.3 Å². The molecule has 0 unspecified atom stereocenters. The van der Waals surface area contributed by atoms with Gasteiger partial charge in [0.2, 0.25) is 6.41 Å². The summed E-state index contributed by atoms with van der Waals surface area (Å²) in [6.45, 7) is 4.84. The van der Waals surface area contributed by atoms with Crippen LogP contribution in [-0.4, -0.2) is 75.8 Å². The fourth-order valence-electron chi connectivity index (χ4n) is 3.41. The molecule has 10 heteroatoms. The maximum absolute atomic E-state index is 14.4. The van der Waals surface area contributed by atoms with Crippen molar-refractivity contribution in [1.82, 2.24) is 9.88 Å². The molecule has 0 aliphatic carbocycles. The van der Waals surface area contributed by atoms with E-state index in [1.807, 2.05) is 11.9 Å². The number of hydrogen-bond acceptors (Lipinski definition) is 7. The second-order valence-electron chi connectivity index (χ2n) is 7.39. The van der Waals surface area contributed by atoms with Crippen molar-refractivity contribution >= 4 is 39.7 Å². The van der Waals surface area contributed by atoms with Crippen LogP contribution in [0.25, 0.3) is 0 Å². The average molecular weight is 509 g/mol. The monoisotopic (exact) mass is 508 g/mol. The largest absolute Gasteiger partial charge is 0.465 e. The highest BCUT2D eigenvalue weighted by Crippen LogP contribution is 2.34. The summed E-state index contributed by atoms with van der Waals surface area (Å²) in [4.78, 5) is 33.5. The van der Waals surface area contributed by atoms with Gasteiger partial charge < -0.3 is 19.3 Å². The Bertz CT molecular complexity index is 938. The van der Waals surface area contributed by atoms with Gasteiger partial charge in [0.25, 0.3) is 0 Å². The van der Waals surface area contributed by atoms with E-state index in [1.54, 1.807) is 18.2 Å². The molecule has 0 bridgehead atoms. The van der Waals surface area contributed by atoms with E-state index in [9.17, 15) is 14.0 Å². The van der Waals surface area contributed by atoms with E-state index in [-0.39, 0.29) is 6.54 Å². The van der Waals surface area contributed by atoms with Crippen LogP contribution in [-0.2, 0) is 20.8 Å². The van der Waals surface area contributed by atoms with Gasteiger partial charge in [-0.3, -0.25) is 14.7 Å². The molecule has 2 heterocycles. The van der Waals surface area contributed by atoms with Crippen molar-refractivity contribution in [3.05, 3.63) is 52.0 Å². The lowest BCUT2D eigenvalue weighted by atomic mass is 10.2. The van der Waals surface area contributed by atoms with Gasteiger partial charge in [0, 0.05) is 45.5 Å². The predicted octanol–water partition coefficient (Wildman–Crippen LogP) is 2.70. The number of halogens is 2. The van der Waals surface area contributed by atoms with Crippen LogP contribution in [0.4, 0.5) is 15.8 Å². The zero-order valence-electron chi connectivity index (χ0n) is 18.1. The maximum atomic E-state index is 14.4. The van der Waals surface area contributed by atoms with Crippen LogP contribution in [0.15, 0.2) is 34.9 Å². The number of carbonyl (C=O) groups excluding carboxylic acids is 2. The molecule has 3 rings (SSSR count). The Balaban J connectivity index is 1.79. The predicted molar refractivity (Wildman–Crippen MR) is 122 cm³/mol. The van der Waals surface area contributed by atoms with Crippen molar-refractivity contribution in [3.63, 3.8) is 0 Å². The topological polar surface area (TPSA) is 75.2 Å². The second-order valence-corrected chi connectivity index (χ2v) is 8.25. The van der Waals surface area contributed by atoms with Crippen molar-refractivity contribution in [1.29, 1.82) is 0 Å². The molecule has 1 aromatic heterocycles. The second kappa shape index (κ2) is 11.3. The first kappa shape index (κ1) is 24.1. The zero-order chi connectivity index (χ0) is 23.1. The van der Waals surface area contributed by atoms with Crippen LogP contribution >= 0.6 is 15.9 Å². The Morgan fingerprint density at radius 1 is 1.31 bits per heavy atom. The number of likely N-dealkylation sites (N-methyl/N-ethyl adjacent to an activating group) is 1. The highest BCUT2D eigenvalue weighted by Gasteiger charge is 2.19. The number of morpholine rings is 1. The van der Waals surface area contributed by atoms with Crippen molar-refractivity contribution in [2.75, 3.05) is 63.4 Å². The van der Waals surface area contributed by atoms with Crippen LogP contribution in [0.2, 0.25) is 0 Å². The minimum absolute atomic E-state index is 0.121. The van der Waals surface area contributed by atoms with Crippen LogP contribution in [0.5, 0.6) is 0 Å². The number of esters is 1. The van der Waals surface area contributed by atoms with Crippen molar-refractivity contribution in [2.45, 2.75) is 6.54 Å². The molecule has 0 spiro atoms. The Morgan fingerprint density at radius 3 is 2.69 bits per heavy atom. The highest BCUT2D eigenvalue weighted by atomic mass is 79.9. The molecule has 0 N–H and O–H groups in total. The fraction of sp³-hybridized carbons (Fsp3) is 0.409. The molecule has 1 amide bonds. The average Bonchev–Trinajstić information content (AvgIpc) is 2.83. The number of ether oxygens (including phenoxy) is 2. The van der Waals surface area contributed by atoms with Crippen LogP contribution in [0.3, 0.4) is 0 Å². The third-order valence-corrected chi connectivity index (χ3v) is 5.91. The Morgan fingerprint density at radius 2 is 2.06 bits per heavy atom. The van der Waals surface area contributed by atoms with Gasteiger partial charge in [-0.05, 0) is 34.1 Å². The third-order valence-electron chi connectivity index (χ3n) is 5.30. The summed E-state index contributed by atoms with van der Waals surface area (Å²) in [6, 6.07) is 6.23. The summed E-state index contributed by atoms with van der Waals surface area (Å²) < 4.78 is 24.8. The van der Waals surface area contributed by atoms with Gasteiger partial charge in [-0.25, -0.2) is 9.18 Å². The summed E-state index contributed by atoms with van der Waals surface area (Å²) in [7, 11) is 3.21. The van der Waals surface area contributed by atoms with Gasteiger partial charge in [-0.2, -0.15) is 0 Å². The van der Waals surface area contributed by atoms with Crippen molar-refractivity contribution < 1.29 is 23.5 Å². The zero-order valence-corrected chi connectivity index (χ0v) is 19.7. The molecule has 172 valence electrons. The quantitative estimate of drug-likeness (QED) is 0.380. The van der Waals surface area contributed by atoms with Gasteiger partial charge >= 0.3 is 5.97 Å². The molecule has 1 fully saturated rings. The molecule has 1 saturated heterocycles. The molecule has 8 nitrogen and oxygen atoms in total. The van der Waals surface area contributed by atoms with Gasteiger partial charge in [-0.1, -0.05) is 0 Å². The van der Waals surface area contributed by atoms with Gasteiger partial charge in [0.15, 0.2) is 0 Å². The summed E-state index contributed by atoms with van der Waals surface area (Å²) in [5, 5.41) is 0. The SMILES string of the molecule is COC(=O)c1ccc(CN(C=O)c2cc(F)c(Br)cc2N(C)CCN2CCOCC2)nc1. The Hall–Kier alpha value is -2.56. The lowest BCUT2D eigenvalue weighted by Gasteiger charge is -2.31. The number of nitrogens with zero attached hydrogens (tertiary/aromatic N) is 4. The Labute approximate surface area is 195 Å². The summed E-state index contributed by atoms with van der Waals surface area (Å²) in [6.07, 6.45) is 2.04. The number of carbonyl (C=O) groups is 2. The normalized spacial score (nSPS) is 14.1. The summed E-state index contributed by atoms with van der Waals surface area (Å²) in [5.74, 6) is -0.957. The Kier molecular flexibility index (Phi) is 8.54. The molecule has 0 radical (unpaired) electrons. The van der Waals surface area contributed by atoms with E-state index >= 15 is 0 Å². The number of pyridine rings is 1. The third kappa shape index (κ3) is 6.02. The lowest BCUT2D eigenvalue weighted by Crippen LogP contribution is -2.41. The molecule has 1 aromatic carbocycles. The number of benzene rings is 1. The first-order valence-electron chi connectivity index (χ1n) is 10.2. The lowest BCUT2D eigenvalue weighted by molar-refractivity contribution is -0.107. The van der Waals surface area contributed by atoms with Crippen LogP contribution < -0.4 is 9.80 Å². The fourth-order valence-corrected chi connectivity index (χ4v) is 3.74. The van der Waals surface area contributed by atoms with E-state index in [0.717, 1.165) is 32.8 Å². The van der Waals surface area contributed by atoms with E-state index in [2.05, 4.69) is 30.6 Å². The molecule has 32 heavy (non-hydrogen) atoms. The molecule has 0 atom stereocenters.